The van der Waals surface area contributed by atoms with Crippen molar-refractivity contribution in [2.24, 2.45) is 4.99 Å². The summed E-state index contributed by atoms with van der Waals surface area (Å²) in [6, 6.07) is 20.0. The Morgan fingerprint density at radius 1 is 1.09 bits per heavy atom. The van der Waals surface area contributed by atoms with Gasteiger partial charge in [0.1, 0.15) is 11.8 Å². The van der Waals surface area contributed by atoms with Crippen LogP contribution in [0.5, 0.6) is 5.75 Å². The normalized spacial score (nSPS) is 15.5. The Labute approximate surface area is 209 Å². The topological polar surface area (TPSA) is 69.9 Å². The SMILES string of the molecule is CCOC(=O)C1=C(c2ccccc2)N=c2sc(=Cc3cccs3)c(=O)n2C1c1ccccc1OC. The minimum Gasteiger partial charge on any atom is -0.496 e. The van der Waals surface area contributed by atoms with E-state index in [1.807, 2.05) is 78.2 Å². The minimum absolute atomic E-state index is 0.200. The number of hydrogen-bond donors (Lipinski definition) is 0. The van der Waals surface area contributed by atoms with E-state index < -0.39 is 12.0 Å². The maximum absolute atomic E-state index is 13.8. The van der Waals surface area contributed by atoms with Gasteiger partial charge in [-0.25, -0.2) is 9.79 Å². The maximum Gasteiger partial charge on any atom is 0.338 e. The number of nitrogens with zero attached hydrogens (tertiary/aromatic N) is 2. The molecule has 4 aromatic rings. The molecule has 0 fully saturated rings. The van der Waals surface area contributed by atoms with Crippen molar-refractivity contribution in [3.05, 3.63) is 113 Å². The molecule has 5 rings (SSSR count). The molecule has 3 heterocycles. The van der Waals surface area contributed by atoms with Crippen LogP contribution in [0.15, 0.2) is 87.5 Å². The van der Waals surface area contributed by atoms with E-state index in [9.17, 15) is 9.59 Å². The third-order valence-corrected chi connectivity index (χ3v) is 7.43. The molecule has 0 spiro atoms. The lowest BCUT2D eigenvalue weighted by Gasteiger charge is -2.27. The van der Waals surface area contributed by atoms with Gasteiger partial charge in [-0.2, -0.15) is 0 Å². The van der Waals surface area contributed by atoms with Gasteiger partial charge < -0.3 is 9.47 Å². The van der Waals surface area contributed by atoms with E-state index in [4.69, 9.17) is 14.5 Å². The van der Waals surface area contributed by atoms with Crippen molar-refractivity contribution in [1.29, 1.82) is 0 Å². The number of rotatable bonds is 6. The number of ether oxygens (including phenoxy) is 2. The first-order valence-corrected chi connectivity index (χ1v) is 12.8. The van der Waals surface area contributed by atoms with E-state index >= 15 is 0 Å². The molecule has 6 nitrogen and oxygen atoms in total. The summed E-state index contributed by atoms with van der Waals surface area (Å²) in [4.78, 5) is 33.5. The summed E-state index contributed by atoms with van der Waals surface area (Å²) < 4.78 is 13.3. The molecule has 0 amide bonds. The molecule has 1 aliphatic heterocycles. The highest BCUT2D eigenvalue weighted by Crippen LogP contribution is 2.38. The van der Waals surface area contributed by atoms with Crippen LogP contribution in [-0.4, -0.2) is 24.3 Å². The van der Waals surface area contributed by atoms with Gasteiger partial charge in [0, 0.05) is 16.0 Å². The van der Waals surface area contributed by atoms with E-state index in [0.29, 0.717) is 31.9 Å². The first-order chi connectivity index (χ1) is 17.1. The molecule has 35 heavy (non-hydrogen) atoms. The highest BCUT2D eigenvalue weighted by atomic mass is 32.1. The molecule has 176 valence electrons. The van der Waals surface area contributed by atoms with Crippen molar-refractivity contribution >= 4 is 40.4 Å². The molecule has 0 aliphatic carbocycles. The fourth-order valence-electron chi connectivity index (χ4n) is 4.13. The molecule has 8 heteroatoms. The molecule has 1 aliphatic rings. The van der Waals surface area contributed by atoms with Crippen LogP contribution < -0.4 is 19.6 Å². The number of thiophene rings is 1. The summed E-state index contributed by atoms with van der Waals surface area (Å²) in [5.41, 5.74) is 2.03. The van der Waals surface area contributed by atoms with E-state index in [2.05, 4.69) is 0 Å². The second-order valence-electron chi connectivity index (χ2n) is 7.69. The van der Waals surface area contributed by atoms with Gasteiger partial charge in [0.15, 0.2) is 4.80 Å². The second-order valence-corrected chi connectivity index (χ2v) is 9.68. The van der Waals surface area contributed by atoms with Crippen LogP contribution in [0.4, 0.5) is 0 Å². The predicted molar refractivity (Wildman–Crippen MR) is 138 cm³/mol. The Balaban J connectivity index is 1.88. The minimum atomic E-state index is -0.762. The van der Waals surface area contributed by atoms with Gasteiger partial charge in [-0.15, -0.1) is 11.3 Å². The summed E-state index contributed by atoms with van der Waals surface area (Å²) in [7, 11) is 1.57. The van der Waals surface area contributed by atoms with Gasteiger partial charge >= 0.3 is 5.97 Å². The number of carbonyl (C=O) groups is 1. The Hall–Kier alpha value is -3.75. The second kappa shape index (κ2) is 9.85. The lowest BCUT2D eigenvalue weighted by atomic mass is 9.92. The molecule has 0 saturated heterocycles. The molecular weight excluding hydrogens is 480 g/mol. The summed E-state index contributed by atoms with van der Waals surface area (Å²) in [5.74, 6) is 0.0555. The lowest BCUT2D eigenvalue weighted by Crippen LogP contribution is -2.40. The zero-order valence-electron chi connectivity index (χ0n) is 19.1. The van der Waals surface area contributed by atoms with E-state index in [0.717, 1.165) is 10.4 Å². The third-order valence-electron chi connectivity index (χ3n) is 5.62. The number of carbonyl (C=O) groups excluding carboxylic acids is 1. The van der Waals surface area contributed by atoms with Crippen molar-refractivity contribution in [1.82, 2.24) is 4.57 Å². The van der Waals surface area contributed by atoms with Gasteiger partial charge in [-0.3, -0.25) is 9.36 Å². The van der Waals surface area contributed by atoms with Crippen molar-refractivity contribution in [2.45, 2.75) is 13.0 Å². The van der Waals surface area contributed by atoms with Gasteiger partial charge in [0.25, 0.3) is 5.56 Å². The van der Waals surface area contributed by atoms with Crippen LogP contribution in [-0.2, 0) is 9.53 Å². The Bertz CT molecular complexity index is 1580. The number of aromatic nitrogens is 1. The monoisotopic (exact) mass is 502 g/mol. The van der Waals surface area contributed by atoms with Crippen molar-refractivity contribution < 1.29 is 14.3 Å². The highest BCUT2D eigenvalue weighted by molar-refractivity contribution is 7.11. The largest absolute Gasteiger partial charge is 0.496 e. The smallest absolute Gasteiger partial charge is 0.338 e. The van der Waals surface area contributed by atoms with Crippen LogP contribution in [0.25, 0.3) is 11.8 Å². The van der Waals surface area contributed by atoms with Crippen LogP contribution in [0.3, 0.4) is 0 Å². The maximum atomic E-state index is 13.8. The summed E-state index contributed by atoms with van der Waals surface area (Å²) in [5, 5.41) is 1.97. The van der Waals surface area contributed by atoms with Crippen LogP contribution in [0.2, 0.25) is 0 Å². The molecule has 0 radical (unpaired) electrons. The number of thiazole rings is 1. The summed E-state index contributed by atoms with van der Waals surface area (Å²) in [6.45, 7) is 1.96. The van der Waals surface area contributed by atoms with Crippen LogP contribution in [0, 0.1) is 0 Å². The molecular formula is C27H22N2O4S2. The summed E-state index contributed by atoms with van der Waals surface area (Å²) >= 11 is 2.86. The molecule has 1 atom stereocenters. The Morgan fingerprint density at radius 2 is 1.86 bits per heavy atom. The number of para-hydroxylation sites is 1. The fraction of sp³-hybridized carbons (Fsp3) is 0.148. The fourth-order valence-corrected chi connectivity index (χ4v) is 5.85. The average Bonchev–Trinajstić information content (AvgIpc) is 3.51. The number of benzene rings is 2. The third kappa shape index (κ3) is 4.26. The molecule has 1 unspecified atom stereocenters. The first kappa shape index (κ1) is 23.0. The van der Waals surface area contributed by atoms with Crippen LogP contribution in [0.1, 0.15) is 29.0 Å². The van der Waals surface area contributed by atoms with Crippen LogP contribution >= 0.6 is 22.7 Å². The molecule has 0 saturated carbocycles. The predicted octanol–water partition coefficient (Wildman–Crippen LogP) is 4.01. The number of methoxy groups -OCH3 is 1. The van der Waals surface area contributed by atoms with E-state index in [1.165, 1.54) is 11.3 Å². The van der Waals surface area contributed by atoms with E-state index in [-0.39, 0.29) is 12.2 Å². The molecule has 0 bridgehead atoms. The van der Waals surface area contributed by atoms with Crippen molar-refractivity contribution in [2.75, 3.05) is 13.7 Å². The van der Waals surface area contributed by atoms with Gasteiger partial charge in [-0.05, 0) is 30.5 Å². The Morgan fingerprint density at radius 3 is 2.57 bits per heavy atom. The number of fused-ring (bicyclic) bond motifs is 1. The zero-order valence-corrected chi connectivity index (χ0v) is 20.8. The number of esters is 1. The highest BCUT2D eigenvalue weighted by Gasteiger charge is 2.36. The zero-order chi connectivity index (χ0) is 24.4. The standard InChI is InChI=1S/C27H22N2O4S2/c1-3-33-26(31)22-23(17-10-5-4-6-11-17)28-27-29(24(22)19-13-7-8-14-20(19)32-2)25(30)21(35-27)16-18-12-9-15-34-18/h4-16,24H,3H2,1-2H3. The Kier molecular flexibility index (Phi) is 6.48. The van der Waals surface area contributed by atoms with Crippen molar-refractivity contribution in [3.63, 3.8) is 0 Å². The quantitative estimate of drug-likeness (QED) is 0.374. The number of hydrogen-bond acceptors (Lipinski definition) is 7. The van der Waals surface area contributed by atoms with E-state index in [1.54, 1.807) is 29.9 Å². The molecule has 0 N–H and O–H groups in total. The lowest BCUT2D eigenvalue weighted by molar-refractivity contribution is -0.138. The summed E-state index contributed by atoms with van der Waals surface area (Å²) in [6.07, 6.45) is 1.87. The first-order valence-electron chi connectivity index (χ1n) is 11.1. The van der Waals surface area contributed by atoms with Crippen molar-refractivity contribution in [3.8, 4) is 5.75 Å². The molecule has 2 aromatic carbocycles. The average molecular weight is 503 g/mol. The van der Waals surface area contributed by atoms with Gasteiger partial charge in [0.2, 0.25) is 0 Å². The van der Waals surface area contributed by atoms with Gasteiger partial charge in [0.05, 0.1) is 29.5 Å². The van der Waals surface area contributed by atoms with Gasteiger partial charge in [-0.1, -0.05) is 65.9 Å². The molecule has 2 aromatic heterocycles.